The summed E-state index contributed by atoms with van der Waals surface area (Å²) in [5.74, 6) is 0.956. The fourth-order valence-electron chi connectivity index (χ4n) is 3.75. The number of carbonyl (C=O) groups excluding carboxylic acids is 1. The van der Waals surface area contributed by atoms with Crippen LogP contribution in [-0.2, 0) is 0 Å². The van der Waals surface area contributed by atoms with Crippen molar-refractivity contribution in [1.29, 1.82) is 0 Å². The van der Waals surface area contributed by atoms with E-state index in [-0.39, 0.29) is 12.1 Å². The molecule has 0 spiro atoms. The topological polar surface area (TPSA) is 71.3 Å². The zero-order valence-corrected chi connectivity index (χ0v) is 19.0. The molecule has 160 valence electrons. The van der Waals surface area contributed by atoms with Crippen molar-refractivity contribution >= 4 is 23.4 Å². The summed E-state index contributed by atoms with van der Waals surface area (Å²) >= 11 is 1.69. The van der Waals surface area contributed by atoms with Crippen LogP contribution >= 0.6 is 11.8 Å². The molecule has 3 aromatic rings. The third-order valence-electron chi connectivity index (χ3n) is 5.46. The van der Waals surface area contributed by atoms with Crippen molar-refractivity contribution in [3.05, 3.63) is 71.2 Å². The van der Waals surface area contributed by atoms with Gasteiger partial charge in [-0.25, -0.2) is 4.79 Å². The standard InChI is InChI=1S/C24H26N4O2S/c1-5-14-28-16(3)20(21(25-24(28)29)17-8-6-15(2)7-9-17)23-26-22(27-30-23)18-10-12-19(31-4)13-11-18/h6-13,21H,5,14H2,1-4H3,(H,25,29). The van der Waals surface area contributed by atoms with Crippen molar-refractivity contribution < 1.29 is 9.32 Å². The number of carbonyl (C=O) groups is 1. The summed E-state index contributed by atoms with van der Waals surface area (Å²) in [6.07, 6.45) is 2.89. The Morgan fingerprint density at radius 1 is 1.10 bits per heavy atom. The van der Waals surface area contributed by atoms with Crippen LogP contribution in [0.2, 0.25) is 0 Å². The molecule has 0 aliphatic carbocycles. The molecule has 6 nitrogen and oxygen atoms in total. The molecule has 0 radical (unpaired) electrons. The van der Waals surface area contributed by atoms with E-state index < -0.39 is 0 Å². The number of nitrogens with zero attached hydrogens (tertiary/aromatic N) is 3. The minimum Gasteiger partial charge on any atom is -0.334 e. The molecular weight excluding hydrogens is 408 g/mol. The number of urea groups is 1. The molecule has 0 saturated carbocycles. The highest BCUT2D eigenvalue weighted by atomic mass is 32.2. The molecule has 1 N–H and O–H groups in total. The van der Waals surface area contributed by atoms with Gasteiger partial charge in [-0.15, -0.1) is 11.8 Å². The highest BCUT2D eigenvalue weighted by Crippen LogP contribution is 2.37. The van der Waals surface area contributed by atoms with Gasteiger partial charge in [0, 0.05) is 22.7 Å². The second-order valence-corrected chi connectivity index (χ2v) is 8.48. The lowest BCUT2D eigenvalue weighted by Crippen LogP contribution is -2.46. The number of benzene rings is 2. The molecule has 1 aromatic heterocycles. The summed E-state index contributed by atoms with van der Waals surface area (Å²) in [6, 6.07) is 15.7. The fraction of sp³-hybridized carbons (Fsp3) is 0.292. The Morgan fingerprint density at radius 3 is 2.45 bits per heavy atom. The lowest BCUT2D eigenvalue weighted by molar-refractivity contribution is 0.205. The van der Waals surface area contributed by atoms with Gasteiger partial charge in [0.15, 0.2) is 0 Å². The molecule has 1 atom stereocenters. The maximum absolute atomic E-state index is 12.8. The predicted molar refractivity (Wildman–Crippen MR) is 124 cm³/mol. The molecule has 0 bridgehead atoms. The van der Waals surface area contributed by atoms with Crippen molar-refractivity contribution in [2.24, 2.45) is 0 Å². The van der Waals surface area contributed by atoms with Gasteiger partial charge in [-0.3, -0.25) is 4.90 Å². The first kappa shape index (κ1) is 21.2. The van der Waals surface area contributed by atoms with Crippen LogP contribution in [0.5, 0.6) is 0 Å². The zero-order valence-electron chi connectivity index (χ0n) is 18.2. The molecule has 2 amide bonds. The minimum atomic E-state index is -0.353. The number of hydrogen-bond acceptors (Lipinski definition) is 5. The molecule has 4 rings (SSSR count). The van der Waals surface area contributed by atoms with Crippen LogP contribution in [0.25, 0.3) is 17.0 Å². The van der Waals surface area contributed by atoms with Crippen LogP contribution in [0.1, 0.15) is 43.3 Å². The average Bonchev–Trinajstić information content (AvgIpc) is 3.26. The number of amides is 2. The van der Waals surface area contributed by atoms with Gasteiger partial charge in [0.05, 0.1) is 11.6 Å². The maximum atomic E-state index is 12.8. The van der Waals surface area contributed by atoms with Crippen LogP contribution in [0.3, 0.4) is 0 Å². The first-order chi connectivity index (χ1) is 15.0. The highest BCUT2D eigenvalue weighted by molar-refractivity contribution is 7.98. The Kier molecular flexibility index (Phi) is 6.13. The summed E-state index contributed by atoms with van der Waals surface area (Å²) in [5, 5.41) is 7.35. The average molecular weight is 435 g/mol. The fourth-order valence-corrected chi connectivity index (χ4v) is 4.16. The Morgan fingerprint density at radius 2 is 1.81 bits per heavy atom. The monoisotopic (exact) mass is 434 g/mol. The number of hydrogen-bond donors (Lipinski definition) is 1. The molecule has 0 saturated heterocycles. The van der Waals surface area contributed by atoms with Crippen LogP contribution in [0.15, 0.2) is 63.6 Å². The van der Waals surface area contributed by atoms with E-state index in [0.717, 1.165) is 34.4 Å². The lowest BCUT2D eigenvalue weighted by Gasteiger charge is -2.35. The third kappa shape index (κ3) is 4.23. The summed E-state index contributed by atoms with van der Waals surface area (Å²) in [5.41, 5.74) is 4.70. The zero-order chi connectivity index (χ0) is 22.0. The van der Waals surface area contributed by atoms with Crippen LogP contribution in [0.4, 0.5) is 4.79 Å². The number of aryl methyl sites for hydroxylation is 1. The van der Waals surface area contributed by atoms with Crippen molar-refractivity contribution in [3.8, 4) is 11.4 Å². The van der Waals surface area contributed by atoms with E-state index in [1.165, 1.54) is 4.90 Å². The van der Waals surface area contributed by atoms with Crippen LogP contribution in [0, 0.1) is 6.92 Å². The van der Waals surface area contributed by atoms with E-state index in [2.05, 4.69) is 17.4 Å². The minimum absolute atomic E-state index is 0.110. The van der Waals surface area contributed by atoms with E-state index in [0.29, 0.717) is 18.3 Å². The van der Waals surface area contributed by atoms with E-state index >= 15 is 0 Å². The molecule has 2 heterocycles. The summed E-state index contributed by atoms with van der Waals surface area (Å²) in [6.45, 7) is 6.66. The Bertz CT molecular complexity index is 1100. The summed E-state index contributed by atoms with van der Waals surface area (Å²) in [7, 11) is 0. The van der Waals surface area contributed by atoms with E-state index in [1.54, 1.807) is 16.7 Å². The molecule has 1 aliphatic rings. The number of aromatic nitrogens is 2. The molecular formula is C24H26N4O2S. The Hall–Kier alpha value is -3.06. The van der Waals surface area contributed by atoms with Gasteiger partial charge in [0.2, 0.25) is 5.82 Å². The van der Waals surface area contributed by atoms with Crippen LogP contribution in [-0.4, -0.2) is 33.9 Å². The highest BCUT2D eigenvalue weighted by Gasteiger charge is 2.35. The number of nitrogens with one attached hydrogen (secondary N) is 1. The van der Waals surface area contributed by atoms with Gasteiger partial charge in [0.1, 0.15) is 0 Å². The van der Waals surface area contributed by atoms with Crippen molar-refractivity contribution in [3.63, 3.8) is 0 Å². The van der Waals surface area contributed by atoms with Gasteiger partial charge in [-0.05, 0) is 56.4 Å². The van der Waals surface area contributed by atoms with Crippen molar-refractivity contribution in [2.45, 2.75) is 38.1 Å². The van der Waals surface area contributed by atoms with E-state index in [9.17, 15) is 4.79 Å². The lowest BCUT2D eigenvalue weighted by atomic mass is 9.94. The molecule has 2 aromatic carbocycles. The second-order valence-electron chi connectivity index (χ2n) is 7.60. The Balaban J connectivity index is 1.78. The predicted octanol–water partition coefficient (Wildman–Crippen LogP) is 5.67. The normalized spacial score (nSPS) is 16.6. The summed E-state index contributed by atoms with van der Waals surface area (Å²) in [4.78, 5) is 20.4. The van der Waals surface area contributed by atoms with Gasteiger partial charge < -0.3 is 9.84 Å². The van der Waals surface area contributed by atoms with Gasteiger partial charge in [-0.2, -0.15) is 4.98 Å². The quantitative estimate of drug-likeness (QED) is 0.506. The smallest absolute Gasteiger partial charge is 0.322 e. The van der Waals surface area contributed by atoms with E-state index in [1.807, 2.05) is 68.6 Å². The largest absolute Gasteiger partial charge is 0.334 e. The van der Waals surface area contributed by atoms with E-state index in [4.69, 9.17) is 9.51 Å². The maximum Gasteiger partial charge on any atom is 0.322 e. The van der Waals surface area contributed by atoms with Crippen molar-refractivity contribution in [1.82, 2.24) is 20.4 Å². The first-order valence-electron chi connectivity index (χ1n) is 10.4. The van der Waals surface area contributed by atoms with Crippen LogP contribution < -0.4 is 5.32 Å². The molecule has 31 heavy (non-hydrogen) atoms. The number of rotatable bonds is 6. The summed E-state index contributed by atoms with van der Waals surface area (Å²) < 4.78 is 5.72. The molecule has 1 unspecified atom stereocenters. The number of allylic oxidation sites excluding steroid dienone is 1. The SMILES string of the molecule is CCCN1C(=O)NC(c2ccc(C)cc2)C(c2nc(-c3ccc(SC)cc3)no2)=C1C. The van der Waals surface area contributed by atoms with Crippen molar-refractivity contribution in [2.75, 3.05) is 12.8 Å². The molecule has 1 aliphatic heterocycles. The number of thioether (sulfide) groups is 1. The van der Waals surface area contributed by atoms with Gasteiger partial charge in [-0.1, -0.05) is 41.9 Å². The van der Waals surface area contributed by atoms with Gasteiger partial charge in [0.25, 0.3) is 5.89 Å². The molecule has 7 heteroatoms. The Labute approximate surface area is 186 Å². The third-order valence-corrected chi connectivity index (χ3v) is 6.20. The molecule has 0 fully saturated rings. The second kappa shape index (κ2) is 8.98. The first-order valence-corrected chi connectivity index (χ1v) is 11.6. The van der Waals surface area contributed by atoms with Gasteiger partial charge >= 0.3 is 6.03 Å².